The van der Waals surface area contributed by atoms with Gasteiger partial charge >= 0.3 is 5.69 Å². The maximum atomic E-state index is 12.6. The van der Waals surface area contributed by atoms with E-state index in [2.05, 4.69) is 40.2 Å². The Bertz CT molecular complexity index is 1060. The van der Waals surface area contributed by atoms with Crippen LogP contribution in [0.25, 0.3) is 10.9 Å². The number of nitrogens with zero attached hydrogens (tertiary/aromatic N) is 2. The molecular weight excluding hydrogens is 326 g/mol. The summed E-state index contributed by atoms with van der Waals surface area (Å²) < 4.78 is 1.33. The fourth-order valence-electron chi connectivity index (χ4n) is 4.61. The van der Waals surface area contributed by atoms with Gasteiger partial charge in [0.25, 0.3) is 5.56 Å². The van der Waals surface area contributed by atoms with E-state index in [0.29, 0.717) is 23.4 Å². The van der Waals surface area contributed by atoms with E-state index in [1.165, 1.54) is 10.1 Å². The molecule has 3 aromatic rings. The van der Waals surface area contributed by atoms with Gasteiger partial charge in [0, 0.05) is 26.2 Å². The summed E-state index contributed by atoms with van der Waals surface area (Å²) in [4.78, 5) is 30.0. The minimum atomic E-state index is -0.319. The van der Waals surface area contributed by atoms with E-state index in [0.717, 1.165) is 31.5 Å². The Kier molecular flexibility index (Phi) is 3.57. The SMILES string of the molecule is O=c1[nH]c2ccccc2c(=O)n1CCN1CC2C(C1)C2c1ccccc1. The average molecular weight is 347 g/mol. The summed E-state index contributed by atoms with van der Waals surface area (Å²) in [6, 6.07) is 17.9. The van der Waals surface area contributed by atoms with Crippen molar-refractivity contribution in [1.82, 2.24) is 14.5 Å². The second-order valence-corrected chi connectivity index (χ2v) is 7.46. The Morgan fingerprint density at radius 3 is 2.35 bits per heavy atom. The van der Waals surface area contributed by atoms with Crippen LogP contribution in [0.3, 0.4) is 0 Å². The van der Waals surface area contributed by atoms with Gasteiger partial charge in [0.2, 0.25) is 0 Å². The molecule has 2 aliphatic rings. The lowest BCUT2D eigenvalue weighted by atomic mass is 10.1. The molecule has 1 aliphatic heterocycles. The molecule has 5 nitrogen and oxygen atoms in total. The van der Waals surface area contributed by atoms with Crippen molar-refractivity contribution >= 4 is 10.9 Å². The molecule has 0 radical (unpaired) electrons. The third kappa shape index (κ3) is 2.51. The first-order valence-corrected chi connectivity index (χ1v) is 9.21. The van der Waals surface area contributed by atoms with Crippen LogP contribution in [-0.2, 0) is 6.54 Å². The molecule has 1 N–H and O–H groups in total. The molecule has 0 spiro atoms. The summed E-state index contributed by atoms with van der Waals surface area (Å²) in [5, 5.41) is 0.570. The number of fused-ring (bicyclic) bond motifs is 2. The van der Waals surface area contributed by atoms with Crippen LogP contribution in [0.1, 0.15) is 11.5 Å². The van der Waals surface area contributed by atoms with Crippen LogP contribution in [-0.4, -0.2) is 34.1 Å². The average Bonchev–Trinajstić information content (AvgIpc) is 3.17. The van der Waals surface area contributed by atoms with E-state index in [-0.39, 0.29) is 11.2 Å². The fraction of sp³-hybridized carbons (Fsp3) is 0.333. The maximum absolute atomic E-state index is 12.6. The van der Waals surface area contributed by atoms with Gasteiger partial charge in [-0.2, -0.15) is 0 Å². The predicted octanol–water partition coefficient (Wildman–Crippen LogP) is 2.04. The summed E-state index contributed by atoms with van der Waals surface area (Å²) in [6.07, 6.45) is 0. The number of likely N-dealkylation sites (tertiary alicyclic amines) is 1. The van der Waals surface area contributed by atoms with Gasteiger partial charge in [-0.25, -0.2) is 4.79 Å². The number of aromatic nitrogens is 2. The molecule has 2 unspecified atom stereocenters. The van der Waals surface area contributed by atoms with Gasteiger partial charge in [0.15, 0.2) is 0 Å². The summed E-state index contributed by atoms with van der Waals surface area (Å²) in [5.41, 5.74) is 1.53. The van der Waals surface area contributed by atoms with Crippen molar-refractivity contribution in [2.45, 2.75) is 12.5 Å². The normalized spacial score (nSPS) is 24.7. The van der Waals surface area contributed by atoms with Crippen LogP contribution in [0.4, 0.5) is 0 Å². The molecule has 2 fully saturated rings. The third-order valence-electron chi connectivity index (χ3n) is 5.98. The van der Waals surface area contributed by atoms with Gasteiger partial charge in [0.05, 0.1) is 10.9 Å². The van der Waals surface area contributed by atoms with Gasteiger partial charge in [-0.1, -0.05) is 42.5 Å². The van der Waals surface area contributed by atoms with Gasteiger partial charge in [-0.15, -0.1) is 0 Å². The van der Waals surface area contributed by atoms with E-state index in [9.17, 15) is 9.59 Å². The quantitative estimate of drug-likeness (QED) is 0.786. The summed E-state index contributed by atoms with van der Waals surface area (Å²) in [6.45, 7) is 3.30. The molecule has 1 saturated heterocycles. The third-order valence-corrected chi connectivity index (χ3v) is 5.98. The number of aromatic amines is 1. The van der Waals surface area contributed by atoms with E-state index >= 15 is 0 Å². The topological polar surface area (TPSA) is 58.1 Å². The van der Waals surface area contributed by atoms with Gasteiger partial charge < -0.3 is 9.88 Å². The van der Waals surface area contributed by atoms with E-state index in [1.807, 2.05) is 12.1 Å². The first-order chi connectivity index (χ1) is 12.7. The van der Waals surface area contributed by atoms with Gasteiger partial charge in [-0.05, 0) is 35.4 Å². The first-order valence-electron chi connectivity index (χ1n) is 9.21. The molecule has 1 aromatic heterocycles. The number of rotatable bonds is 4. The van der Waals surface area contributed by atoms with Crippen molar-refractivity contribution in [2.24, 2.45) is 11.8 Å². The number of piperidine rings is 1. The molecule has 1 saturated carbocycles. The molecule has 5 rings (SSSR count). The zero-order valence-electron chi connectivity index (χ0n) is 14.5. The van der Waals surface area contributed by atoms with Crippen LogP contribution < -0.4 is 11.2 Å². The lowest BCUT2D eigenvalue weighted by Crippen LogP contribution is -2.39. The Morgan fingerprint density at radius 2 is 1.58 bits per heavy atom. The Labute approximate surface area is 150 Å². The summed E-state index contributed by atoms with van der Waals surface area (Å²) in [7, 11) is 0. The van der Waals surface area contributed by atoms with E-state index in [4.69, 9.17) is 0 Å². The molecular formula is C21H21N3O2. The Balaban J connectivity index is 1.27. The zero-order valence-corrected chi connectivity index (χ0v) is 14.5. The van der Waals surface area contributed by atoms with Crippen molar-refractivity contribution < 1.29 is 0 Å². The lowest BCUT2D eigenvalue weighted by Gasteiger charge is -2.19. The van der Waals surface area contributed by atoms with Crippen molar-refractivity contribution in [3.8, 4) is 0 Å². The number of para-hydroxylation sites is 1. The number of H-pyrrole nitrogens is 1. The van der Waals surface area contributed by atoms with Gasteiger partial charge in [0.1, 0.15) is 0 Å². The van der Waals surface area contributed by atoms with E-state index in [1.54, 1.807) is 12.1 Å². The predicted molar refractivity (Wildman–Crippen MR) is 101 cm³/mol. The standard InChI is InChI=1S/C21H21N3O2/c25-20-15-8-4-5-9-18(15)22-21(26)24(20)11-10-23-12-16-17(13-23)19(16)14-6-2-1-3-7-14/h1-9,16-17,19H,10-13H2,(H,22,26). The monoisotopic (exact) mass is 347 g/mol. The second kappa shape index (κ2) is 5.95. The number of hydrogen-bond acceptors (Lipinski definition) is 3. The summed E-state index contributed by atoms with van der Waals surface area (Å²) in [5.74, 6) is 2.15. The smallest absolute Gasteiger partial charge is 0.307 e. The van der Waals surface area contributed by atoms with E-state index < -0.39 is 0 Å². The van der Waals surface area contributed by atoms with Crippen molar-refractivity contribution in [2.75, 3.05) is 19.6 Å². The second-order valence-electron chi connectivity index (χ2n) is 7.46. The molecule has 2 atom stereocenters. The minimum Gasteiger partial charge on any atom is -0.307 e. The molecule has 2 heterocycles. The molecule has 0 bridgehead atoms. The molecule has 2 aromatic carbocycles. The lowest BCUT2D eigenvalue weighted by molar-refractivity contribution is 0.282. The molecule has 0 amide bonds. The Hall–Kier alpha value is -2.66. The molecule has 5 heteroatoms. The minimum absolute atomic E-state index is 0.198. The van der Waals surface area contributed by atoms with Crippen molar-refractivity contribution in [3.63, 3.8) is 0 Å². The van der Waals surface area contributed by atoms with Crippen LogP contribution >= 0.6 is 0 Å². The maximum Gasteiger partial charge on any atom is 0.328 e. The zero-order chi connectivity index (χ0) is 17.7. The van der Waals surface area contributed by atoms with Crippen LogP contribution in [0, 0.1) is 11.8 Å². The van der Waals surface area contributed by atoms with Crippen LogP contribution in [0.5, 0.6) is 0 Å². The van der Waals surface area contributed by atoms with Gasteiger partial charge in [-0.3, -0.25) is 9.36 Å². The number of hydrogen-bond donors (Lipinski definition) is 1. The molecule has 132 valence electrons. The largest absolute Gasteiger partial charge is 0.328 e. The highest BCUT2D eigenvalue weighted by Gasteiger charge is 2.55. The first kappa shape index (κ1) is 15.6. The molecule has 26 heavy (non-hydrogen) atoms. The fourth-order valence-corrected chi connectivity index (χ4v) is 4.61. The van der Waals surface area contributed by atoms with Crippen molar-refractivity contribution in [3.05, 3.63) is 81.0 Å². The molecule has 1 aliphatic carbocycles. The van der Waals surface area contributed by atoms with Crippen molar-refractivity contribution in [1.29, 1.82) is 0 Å². The number of benzene rings is 2. The van der Waals surface area contributed by atoms with Crippen LogP contribution in [0.15, 0.2) is 64.2 Å². The highest BCUT2D eigenvalue weighted by molar-refractivity contribution is 5.76. The van der Waals surface area contributed by atoms with Crippen LogP contribution in [0.2, 0.25) is 0 Å². The Morgan fingerprint density at radius 1 is 0.885 bits per heavy atom. The number of nitrogens with one attached hydrogen (secondary N) is 1. The highest BCUT2D eigenvalue weighted by atomic mass is 16.2. The summed E-state index contributed by atoms with van der Waals surface area (Å²) >= 11 is 0. The highest BCUT2D eigenvalue weighted by Crippen LogP contribution is 2.57.